The normalized spacial score (nSPS) is 11.0. The lowest BCUT2D eigenvalue weighted by atomic mass is 10.1. The van der Waals surface area contributed by atoms with Crippen LogP contribution in [0.2, 0.25) is 0 Å². The molecule has 21 heavy (non-hydrogen) atoms. The lowest BCUT2D eigenvalue weighted by Crippen LogP contribution is -1.97. The van der Waals surface area contributed by atoms with Gasteiger partial charge in [0.05, 0.1) is 0 Å². The first-order valence-electron chi connectivity index (χ1n) is 7.05. The van der Waals surface area contributed by atoms with Gasteiger partial charge in [-0.15, -0.1) is 0 Å². The maximum absolute atomic E-state index is 12.0. The predicted molar refractivity (Wildman–Crippen MR) is 88.1 cm³/mol. The minimum atomic E-state index is 0.120. The molecule has 1 nitrogen and oxygen atoms in total. The molecule has 0 saturated carbocycles. The van der Waals surface area contributed by atoms with Gasteiger partial charge in [-0.25, -0.2) is 0 Å². The highest BCUT2D eigenvalue weighted by atomic mass is 16.1. The Kier molecular flexibility index (Phi) is 3.92. The van der Waals surface area contributed by atoms with Crippen molar-refractivity contribution in [2.75, 3.05) is 0 Å². The number of ketones is 1. The van der Waals surface area contributed by atoms with Gasteiger partial charge in [-0.3, -0.25) is 4.79 Å². The van der Waals surface area contributed by atoms with Gasteiger partial charge < -0.3 is 0 Å². The molecule has 0 aromatic heterocycles. The molecule has 0 aliphatic rings. The number of benzene rings is 3. The van der Waals surface area contributed by atoms with Crippen LogP contribution in [0.25, 0.3) is 16.8 Å². The summed E-state index contributed by atoms with van der Waals surface area (Å²) in [6, 6.07) is 24.3. The number of rotatable bonds is 4. The van der Waals surface area contributed by atoms with Crippen LogP contribution < -0.4 is 0 Å². The fraction of sp³-hybridized carbons (Fsp3) is 0.0500. The van der Waals surface area contributed by atoms with Crippen LogP contribution in [0.5, 0.6) is 0 Å². The quantitative estimate of drug-likeness (QED) is 0.631. The lowest BCUT2D eigenvalue weighted by Gasteiger charge is -1.99. The molecule has 0 N–H and O–H groups in total. The largest absolute Gasteiger partial charge is 0.294 e. The van der Waals surface area contributed by atoms with Crippen molar-refractivity contribution in [2.45, 2.75) is 6.42 Å². The van der Waals surface area contributed by atoms with Crippen LogP contribution in [0, 0.1) is 0 Å². The van der Waals surface area contributed by atoms with Crippen molar-refractivity contribution in [3.05, 3.63) is 90.0 Å². The van der Waals surface area contributed by atoms with Crippen LogP contribution in [0.3, 0.4) is 0 Å². The average molecular weight is 272 g/mol. The summed E-state index contributed by atoms with van der Waals surface area (Å²) >= 11 is 0. The maximum atomic E-state index is 12.0. The molecule has 0 saturated heterocycles. The second-order valence-corrected chi connectivity index (χ2v) is 5.07. The van der Waals surface area contributed by atoms with Crippen molar-refractivity contribution in [3.8, 4) is 0 Å². The zero-order chi connectivity index (χ0) is 14.5. The third-order valence-corrected chi connectivity index (χ3v) is 3.46. The minimum absolute atomic E-state index is 0.120. The molecular weight excluding hydrogens is 256 g/mol. The number of fused-ring (bicyclic) bond motifs is 1. The van der Waals surface area contributed by atoms with E-state index in [4.69, 9.17) is 0 Å². The van der Waals surface area contributed by atoms with Gasteiger partial charge in [0, 0.05) is 6.42 Å². The van der Waals surface area contributed by atoms with Gasteiger partial charge in [0.25, 0.3) is 0 Å². The van der Waals surface area contributed by atoms with Gasteiger partial charge in [-0.2, -0.15) is 0 Å². The Morgan fingerprint density at radius 1 is 0.810 bits per heavy atom. The van der Waals surface area contributed by atoms with E-state index in [2.05, 4.69) is 24.3 Å². The summed E-state index contributed by atoms with van der Waals surface area (Å²) in [5.41, 5.74) is 2.10. The Morgan fingerprint density at radius 3 is 2.33 bits per heavy atom. The summed E-state index contributed by atoms with van der Waals surface area (Å²) in [6.07, 6.45) is 4.00. The molecule has 0 bridgehead atoms. The molecule has 0 radical (unpaired) electrons. The van der Waals surface area contributed by atoms with E-state index in [1.54, 1.807) is 6.08 Å². The summed E-state index contributed by atoms with van der Waals surface area (Å²) < 4.78 is 0. The monoisotopic (exact) mass is 272 g/mol. The number of allylic oxidation sites excluding steroid dienone is 1. The van der Waals surface area contributed by atoms with Crippen molar-refractivity contribution in [1.29, 1.82) is 0 Å². The summed E-state index contributed by atoms with van der Waals surface area (Å²) in [5, 5.41) is 2.40. The van der Waals surface area contributed by atoms with Gasteiger partial charge in [0.2, 0.25) is 0 Å². The summed E-state index contributed by atoms with van der Waals surface area (Å²) in [5.74, 6) is 0.120. The first-order chi connectivity index (χ1) is 10.3. The molecule has 0 aliphatic heterocycles. The minimum Gasteiger partial charge on any atom is -0.294 e. The van der Waals surface area contributed by atoms with Gasteiger partial charge in [-0.05, 0) is 34.0 Å². The summed E-state index contributed by atoms with van der Waals surface area (Å²) in [7, 11) is 0. The fourth-order valence-corrected chi connectivity index (χ4v) is 2.36. The zero-order valence-electron chi connectivity index (χ0n) is 11.7. The van der Waals surface area contributed by atoms with Crippen LogP contribution in [0.1, 0.15) is 11.1 Å². The molecule has 3 rings (SSSR count). The second kappa shape index (κ2) is 6.19. The highest BCUT2D eigenvalue weighted by Gasteiger charge is 1.99. The van der Waals surface area contributed by atoms with Crippen LogP contribution in [0.4, 0.5) is 0 Å². The Morgan fingerprint density at radius 2 is 1.52 bits per heavy atom. The molecule has 3 aromatic rings. The molecule has 0 fully saturated rings. The fourth-order valence-electron chi connectivity index (χ4n) is 2.36. The van der Waals surface area contributed by atoms with Gasteiger partial charge in [-0.1, -0.05) is 72.8 Å². The van der Waals surface area contributed by atoms with Gasteiger partial charge in [0.15, 0.2) is 5.78 Å². The molecule has 102 valence electrons. The van der Waals surface area contributed by atoms with Gasteiger partial charge >= 0.3 is 0 Å². The standard InChI is InChI=1S/C20H16O/c21-20(15-16-6-2-1-3-7-16)13-11-17-10-12-18-8-4-5-9-19(18)14-17/h1-14H,15H2/b13-11+. The van der Waals surface area contributed by atoms with E-state index in [1.807, 2.05) is 54.6 Å². The van der Waals surface area contributed by atoms with Crippen molar-refractivity contribution >= 4 is 22.6 Å². The lowest BCUT2D eigenvalue weighted by molar-refractivity contribution is -0.113. The van der Waals surface area contributed by atoms with Crippen molar-refractivity contribution in [3.63, 3.8) is 0 Å². The zero-order valence-corrected chi connectivity index (χ0v) is 11.7. The summed E-state index contributed by atoms with van der Waals surface area (Å²) in [6.45, 7) is 0. The first kappa shape index (κ1) is 13.3. The Bertz CT molecular complexity index is 785. The molecule has 0 atom stereocenters. The third kappa shape index (κ3) is 3.46. The maximum Gasteiger partial charge on any atom is 0.160 e. The number of hydrogen-bond acceptors (Lipinski definition) is 1. The van der Waals surface area contributed by atoms with Crippen LogP contribution in [-0.2, 0) is 11.2 Å². The first-order valence-corrected chi connectivity index (χ1v) is 7.05. The number of carbonyl (C=O) groups is 1. The van der Waals surface area contributed by atoms with Crippen molar-refractivity contribution < 1.29 is 4.79 Å². The molecule has 1 heteroatoms. The van der Waals surface area contributed by atoms with E-state index in [-0.39, 0.29) is 5.78 Å². The Balaban J connectivity index is 1.73. The van der Waals surface area contributed by atoms with E-state index in [1.165, 1.54) is 10.8 Å². The van der Waals surface area contributed by atoms with E-state index in [9.17, 15) is 4.79 Å². The van der Waals surface area contributed by atoms with E-state index in [0.717, 1.165) is 11.1 Å². The molecule has 0 heterocycles. The van der Waals surface area contributed by atoms with Crippen molar-refractivity contribution in [1.82, 2.24) is 0 Å². The van der Waals surface area contributed by atoms with E-state index in [0.29, 0.717) is 6.42 Å². The average Bonchev–Trinajstić information content (AvgIpc) is 2.54. The topological polar surface area (TPSA) is 17.1 Å². The number of carbonyl (C=O) groups excluding carboxylic acids is 1. The number of hydrogen-bond donors (Lipinski definition) is 0. The summed E-state index contributed by atoms with van der Waals surface area (Å²) in [4.78, 5) is 12.0. The molecule has 0 amide bonds. The molecule has 0 aliphatic carbocycles. The van der Waals surface area contributed by atoms with Crippen LogP contribution >= 0.6 is 0 Å². The third-order valence-electron chi connectivity index (χ3n) is 3.46. The van der Waals surface area contributed by atoms with Crippen LogP contribution in [0.15, 0.2) is 78.9 Å². The molecule has 0 spiro atoms. The van der Waals surface area contributed by atoms with Gasteiger partial charge in [0.1, 0.15) is 0 Å². The Labute approximate surface area is 124 Å². The van der Waals surface area contributed by atoms with E-state index >= 15 is 0 Å². The molecule has 0 unspecified atom stereocenters. The Hall–Kier alpha value is -2.67. The van der Waals surface area contributed by atoms with E-state index < -0.39 is 0 Å². The smallest absolute Gasteiger partial charge is 0.160 e. The highest BCUT2D eigenvalue weighted by Crippen LogP contribution is 2.16. The molecular formula is C20H16O. The second-order valence-electron chi connectivity index (χ2n) is 5.07. The highest BCUT2D eigenvalue weighted by molar-refractivity contribution is 5.95. The van der Waals surface area contributed by atoms with Crippen molar-refractivity contribution in [2.24, 2.45) is 0 Å². The molecule has 3 aromatic carbocycles. The SMILES string of the molecule is O=C(/C=C/c1ccc2ccccc2c1)Cc1ccccc1. The van der Waals surface area contributed by atoms with Crippen LogP contribution in [-0.4, -0.2) is 5.78 Å². The predicted octanol–water partition coefficient (Wildman–Crippen LogP) is 4.66.